The molecular weight excluding hydrogens is 282 g/mol. The van der Waals surface area contributed by atoms with E-state index in [1.54, 1.807) is 0 Å². The predicted molar refractivity (Wildman–Crippen MR) is 69.7 cm³/mol. The van der Waals surface area contributed by atoms with Crippen LogP contribution >= 0.6 is 0 Å². The van der Waals surface area contributed by atoms with Crippen molar-refractivity contribution in [3.63, 3.8) is 0 Å². The van der Waals surface area contributed by atoms with E-state index in [0.29, 0.717) is 10.3 Å². The highest BCUT2D eigenvalue weighted by molar-refractivity contribution is 7.90. The summed E-state index contributed by atoms with van der Waals surface area (Å²) in [5, 5.41) is 19.9. The van der Waals surface area contributed by atoms with Gasteiger partial charge in [0.2, 0.25) is 9.84 Å². The molecule has 1 N–H and O–H groups in total. The first-order chi connectivity index (χ1) is 9.40. The Bertz CT molecular complexity index is 738. The lowest BCUT2D eigenvalue weighted by Crippen LogP contribution is -2.33. The minimum atomic E-state index is -3.77. The van der Waals surface area contributed by atoms with E-state index < -0.39 is 15.8 Å². The van der Waals surface area contributed by atoms with Crippen LogP contribution in [0.25, 0.3) is 0 Å². The summed E-state index contributed by atoms with van der Waals surface area (Å²) in [7, 11) is -3.77. The molecule has 1 aromatic carbocycles. The monoisotopic (exact) mass is 293 g/mol. The van der Waals surface area contributed by atoms with Gasteiger partial charge in [0, 0.05) is 12.1 Å². The number of rotatable bonds is 4. The van der Waals surface area contributed by atoms with Crippen LogP contribution in [0.5, 0.6) is 0 Å². The average Bonchev–Trinajstić information content (AvgIpc) is 2.39. The molecule has 6 nitrogen and oxygen atoms in total. The van der Waals surface area contributed by atoms with Gasteiger partial charge >= 0.3 is 11.0 Å². The van der Waals surface area contributed by atoms with Crippen molar-refractivity contribution < 1.29 is 23.0 Å². The largest absolute Gasteiger partial charge is 0.618 e. The van der Waals surface area contributed by atoms with Crippen LogP contribution in [0.15, 0.2) is 53.7 Å². The number of carboxylic acids is 1. The fraction of sp³-hybridized carbons (Fsp3) is 0.0769. The summed E-state index contributed by atoms with van der Waals surface area (Å²) in [5.74, 6) is -1.45. The molecule has 0 aliphatic rings. The van der Waals surface area contributed by atoms with E-state index in [0.717, 1.165) is 6.20 Å². The average molecular weight is 293 g/mol. The Morgan fingerprint density at radius 2 is 1.80 bits per heavy atom. The van der Waals surface area contributed by atoms with E-state index in [1.165, 1.54) is 42.5 Å². The minimum absolute atomic E-state index is 0.0738. The van der Waals surface area contributed by atoms with Gasteiger partial charge in [0.25, 0.3) is 0 Å². The molecule has 0 spiro atoms. The highest BCUT2D eigenvalue weighted by Gasteiger charge is 2.23. The third-order valence-electron chi connectivity index (χ3n) is 2.66. The summed E-state index contributed by atoms with van der Waals surface area (Å²) in [6.07, 6.45) is 1.11. The molecule has 20 heavy (non-hydrogen) atoms. The number of aromatic nitrogens is 1. The van der Waals surface area contributed by atoms with E-state index >= 15 is 0 Å². The molecule has 0 saturated heterocycles. The zero-order chi connectivity index (χ0) is 14.8. The van der Waals surface area contributed by atoms with Gasteiger partial charge in [0.05, 0.1) is 11.3 Å². The highest BCUT2D eigenvalue weighted by atomic mass is 32.2. The van der Waals surface area contributed by atoms with Gasteiger partial charge in [-0.1, -0.05) is 12.1 Å². The van der Waals surface area contributed by atoms with Gasteiger partial charge < -0.3 is 10.3 Å². The SMILES string of the molecule is O=C(O)c1ccc(CS(=O)(=O)c2cccc[n+]2[O-])cc1. The standard InChI is InChI=1S/C13H11NO5S/c15-13(16)11-6-4-10(5-7-11)9-20(18,19)12-3-1-2-8-14(12)17/h1-8H,9H2,(H,15,16). The van der Waals surface area contributed by atoms with Crippen LogP contribution in [0.2, 0.25) is 0 Å². The topological polar surface area (TPSA) is 98.4 Å². The lowest BCUT2D eigenvalue weighted by Gasteiger charge is -2.05. The van der Waals surface area contributed by atoms with Crippen molar-refractivity contribution in [1.82, 2.24) is 0 Å². The molecule has 0 saturated carbocycles. The van der Waals surface area contributed by atoms with E-state index in [1.807, 2.05) is 0 Å². The number of carbonyl (C=O) groups is 1. The van der Waals surface area contributed by atoms with Crippen LogP contribution in [0.3, 0.4) is 0 Å². The molecule has 0 amide bonds. The van der Waals surface area contributed by atoms with Gasteiger partial charge in [-0.3, -0.25) is 0 Å². The Morgan fingerprint density at radius 3 is 2.35 bits per heavy atom. The molecule has 0 bridgehead atoms. The van der Waals surface area contributed by atoms with Crippen LogP contribution in [0, 0.1) is 5.21 Å². The second kappa shape index (κ2) is 5.30. The van der Waals surface area contributed by atoms with E-state index in [2.05, 4.69) is 0 Å². The quantitative estimate of drug-likeness (QED) is 0.669. The third-order valence-corrected chi connectivity index (χ3v) is 4.33. The molecule has 0 aliphatic carbocycles. The zero-order valence-electron chi connectivity index (χ0n) is 10.3. The third kappa shape index (κ3) is 2.94. The van der Waals surface area contributed by atoms with Gasteiger partial charge in [-0.05, 0) is 23.8 Å². The number of nitrogens with zero attached hydrogens (tertiary/aromatic N) is 1. The summed E-state index contributed by atoms with van der Waals surface area (Å²) < 4.78 is 24.5. The first-order valence-corrected chi connectivity index (χ1v) is 7.28. The van der Waals surface area contributed by atoms with Crippen LogP contribution in [0.4, 0.5) is 0 Å². The van der Waals surface area contributed by atoms with Crippen LogP contribution in [0.1, 0.15) is 15.9 Å². The van der Waals surface area contributed by atoms with Gasteiger partial charge in [0.15, 0.2) is 6.20 Å². The maximum Gasteiger partial charge on any atom is 0.335 e. The van der Waals surface area contributed by atoms with E-state index in [-0.39, 0.29) is 16.3 Å². The van der Waals surface area contributed by atoms with Gasteiger partial charge in [0.1, 0.15) is 0 Å². The Labute approximate surface area is 115 Å². The predicted octanol–water partition coefficient (Wildman–Crippen LogP) is 0.992. The lowest BCUT2D eigenvalue weighted by atomic mass is 10.1. The van der Waals surface area contributed by atoms with E-state index in [9.17, 15) is 18.4 Å². The van der Waals surface area contributed by atoms with Crippen molar-refractivity contribution in [3.05, 3.63) is 65.0 Å². The second-order valence-corrected chi connectivity index (χ2v) is 6.06. The van der Waals surface area contributed by atoms with Crippen molar-refractivity contribution in [3.8, 4) is 0 Å². The molecule has 2 aromatic rings. The van der Waals surface area contributed by atoms with Crippen LogP contribution in [-0.4, -0.2) is 19.5 Å². The first kappa shape index (κ1) is 14.0. The Kier molecular flexibility index (Phi) is 3.71. The number of benzene rings is 1. The first-order valence-electron chi connectivity index (χ1n) is 5.63. The van der Waals surface area contributed by atoms with Crippen LogP contribution < -0.4 is 4.73 Å². The zero-order valence-corrected chi connectivity index (χ0v) is 11.1. The molecule has 0 radical (unpaired) electrons. The number of sulfone groups is 1. The fourth-order valence-electron chi connectivity index (χ4n) is 1.69. The van der Waals surface area contributed by atoms with Crippen molar-refractivity contribution in [2.24, 2.45) is 0 Å². The van der Waals surface area contributed by atoms with Crippen molar-refractivity contribution >= 4 is 15.8 Å². The number of aromatic carboxylic acids is 1. The fourth-order valence-corrected chi connectivity index (χ4v) is 3.09. The molecule has 1 heterocycles. The maximum absolute atomic E-state index is 12.1. The smallest absolute Gasteiger partial charge is 0.335 e. The molecule has 0 atom stereocenters. The Balaban J connectivity index is 2.29. The molecule has 2 rings (SSSR count). The van der Waals surface area contributed by atoms with Gasteiger partial charge in [-0.25, -0.2) is 13.2 Å². The normalized spacial score (nSPS) is 11.2. The molecule has 104 valence electrons. The van der Waals surface area contributed by atoms with Gasteiger partial charge in [-0.2, -0.15) is 4.73 Å². The van der Waals surface area contributed by atoms with Crippen molar-refractivity contribution in [2.45, 2.75) is 10.8 Å². The van der Waals surface area contributed by atoms with Crippen molar-refractivity contribution in [2.75, 3.05) is 0 Å². The number of hydrogen-bond acceptors (Lipinski definition) is 4. The molecule has 0 aliphatic heterocycles. The van der Waals surface area contributed by atoms with Crippen LogP contribution in [-0.2, 0) is 15.6 Å². The number of carboxylic acid groups (broad SMARTS) is 1. The number of pyridine rings is 1. The summed E-state index contributed by atoms with van der Waals surface area (Å²) >= 11 is 0. The summed E-state index contributed by atoms with van der Waals surface area (Å²) in [6.45, 7) is 0. The number of hydrogen-bond donors (Lipinski definition) is 1. The van der Waals surface area contributed by atoms with E-state index in [4.69, 9.17) is 5.11 Å². The second-order valence-electron chi connectivity index (χ2n) is 4.13. The lowest BCUT2D eigenvalue weighted by molar-refractivity contribution is -0.646. The molecular formula is C13H11NO5S. The molecule has 1 aromatic heterocycles. The minimum Gasteiger partial charge on any atom is -0.618 e. The summed E-state index contributed by atoms with van der Waals surface area (Å²) in [5.41, 5.74) is 0.489. The Hall–Kier alpha value is -2.41. The Morgan fingerprint density at radius 1 is 1.15 bits per heavy atom. The summed E-state index contributed by atoms with van der Waals surface area (Å²) in [4.78, 5) is 10.7. The summed E-state index contributed by atoms with van der Waals surface area (Å²) in [6, 6.07) is 9.61. The van der Waals surface area contributed by atoms with Crippen molar-refractivity contribution in [1.29, 1.82) is 0 Å². The molecule has 0 unspecified atom stereocenters. The highest BCUT2D eigenvalue weighted by Crippen LogP contribution is 2.14. The van der Waals surface area contributed by atoms with Gasteiger partial charge in [-0.15, -0.1) is 0 Å². The molecule has 7 heteroatoms. The maximum atomic E-state index is 12.1. The molecule has 0 fully saturated rings.